The van der Waals surface area contributed by atoms with E-state index in [1.165, 1.54) is 31.4 Å². The van der Waals surface area contributed by atoms with E-state index in [1.807, 2.05) is 42.5 Å². The molecule has 0 aromatic heterocycles. The molecule has 0 radical (unpaired) electrons. The summed E-state index contributed by atoms with van der Waals surface area (Å²) in [7, 11) is 2.19. The summed E-state index contributed by atoms with van der Waals surface area (Å²) in [6, 6.07) is 18.7. The Bertz CT molecular complexity index is 582. The van der Waals surface area contributed by atoms with Crippen LogP contribution < -0.4 is 9.47 Å². The van der Waals surface area contributed by atoms with E-state index in [9.17, 15) is 0 Å². The summed E-state index contributed by atoms with van der Waals surface area (Å²) in [4.78, 5) is 2.40. The highest BCUT2D eigenvalue weighted by Crippen LogP contribution is 2.21. The summed E-state index contributed by atoms with van der Waals surface area (Å²) in [6.45, 7) is 2.54. The van der Waals surface area contributed by atoms with Gasteiger partial charge in [0.05, 0.1) is 0 Å². The average Bonchev–Trinajstić information content (AvgIpc) is 2.61. The Morgan fingerprint density at radius 3 is 2.30 bits per heavy atom. The Labute approximate surface area is 138 Å². The number of hydrogen-bond donors (Lipinski definition) is 0. The number of rotatable bonds is 6. The number of ether oxygens (including phenoxy) is 2. The maximum absolute atomic E-state index is 5.94. The molecule has 3 heteroatoms. The molecule has 3 rings (SSSR count). The minimum absolute atomic E-state index is 0.540. The third kappa shape index (κ3) is 4.73. The van der Waals surface area contributed by atoms with Crippen LogP contribution in [0.4, 0.5) is 0 Å². The highest BCUT2D eigenvalue weighted by atomic mass is 16.5. The molecule has 0 bridgehead atoms. The van der Waals surface area contributed by atoms with Crippen molar-refractivity contribution in [2.45, 2.75) is 31.9 Å². The lowest BCUT2D eigenvalue weighted by Gasteiger charge is -2.32. The van der Waals surface area contributed by atoms with Crippen LogP contribution in [0.1, 0.15) is 24.8 Å². The van der Waals surface area contributed by atoms with E-state index < -0.39 is 0 Å². The average molecular weight is 311 g/mol. The zero-order valence-corrected chi connectivity index (χ0v) is 13.8. The van der Waals surface area contributed by atoms with Gasteiger partial charge in [-0.05, 0) is 56.3 Å². The van der Waals surface area contributed by atoms with E-state index in [1.54, 1.807) is 0 Å². The summed E-state index contributed by atoms with van der Waals surface area (Å²) in [5, 5.41) is 0. The Hall–Kier alpha value is -2.00. The van der Waals surface area contributed by atoms with Gasteiger partial charge in [0, 0.05) is 6.04 Å². The molecular formula is C20H25NO2. The van der Waals surface area contributed by atoms with E-state index in [-0.39, 0.29) is 0 Å². The van der Waals surface area contributed by atoms with E-state index in [2.05, 4.69) is 24.1 Å². The van der Waals surface area contributed by atoms with Crippen molar-refractivity contribution < 1.29 is 9.47 Å². The van der Waals surface area contributed by atoms with Gasteiger partial charge >= 0.3 is 0 Å². The van der Waals surface area contributed by atoms with Crippen molar-refractivity contribution in [1.82, 2.24) is 4.90 Å². The SMILES string of the molecule is CN1CCCCC1COc1ccc(OCc2ccccc2)cc1. The summed E-state index contributed by atoms with van der Waals surface area (Å²) in [5.41, 5.74) is 1.17. The van der Waals surface area contributed by atoms with Crippen molar-refractivity contribution >= 4 is 0 Å². The monoisotopic (exact) mass is 311 g/mol. The summed E-state index contributed by atoms with van der Waals surface area (Å²) < 4.78 is 11.7. The maximum atomic E-state index is 5.94. The van der Waals surface area contributed by atoms with Gasteiger partial charge in [0.25, 0.3) is 0 Å². The van der Waals surface area contributed by atoms with Gasteiger partial charge in [0.2, 0.25) is 0 Å². The third-order valence-corrected chi connectivity index (χ3v) is 4.44. The van der Waals surface area contributed by atoms with Crippen LogP contribution in [-0.2, 0) is 6.61 Å². The molecule has 2 aromatic rings. The number of hydrogen-bond acceptors (Lipinski definition) is 3. The molecule has 1 aliphatic heterocycles. The predicted molar refractivity (Wildman–Crippen MR) is 93.0 cm³/mol. The first-order valence-corrected chi connectivity index (χ1v) is 8.41. The van der Waals surface area contributed by atoms with Crippen LogP contribution >= 0.6 is 0 Å². The van der Waals surface area contributed by atoms with Gasteiger partial charge in [-0.25, -0.2) is 0 Å². The van der Waals surface area contributed by atoms with Crippen molar-refractivity contribution in [3.8, 4) is 11.5 Å². The first-order chi connectivity index (χ1) is 11.3. The fraction of sp³-hybridized carbons (Fsp3) is 0.400. The minimum Gasteiger partial charge on any atom is -0.492 e. The number of benzene rings is 2. The zero-order valence-electron chi connectivity index (χ0n) is 13.8. The largest absolute Gasteiger partial charge is 0.492 e. The van der Waals surface area contributed by atoms with E-state index >= 15 is 0 Å². The second-order valence-electron chi connectivity index (χ2n) is 6.19. The van der Waals surface area contributed by atoms with Crippen LogP contribution in [0.15, 0.2) is 54.6 Å². The van der Waals surface area contributed by atoms with Crippen LogP contribution in [-0.4, -0.2) is 31.1 Å². The molecule has 1 unspecified atom stereocenters. The normalized spacial score (nSPS) is 18.6. The summed E-state index contributed by atoms with van der Waals surface area (Å²) >= 11 is 0. The summed E-state index contributed by atoms with van der Waals surface area (Å²) in [6.07, 6.45) is 3.85. The lowest BCUT2D eigenvalue weighted by molar-refractivity contribution is 0.125. The fourth-order valence-corrected chi connectivity index (χ4v) is 2.92. The second kappa shape index (κ2) is 8.02. The van der Waals surface area contributed by atoms with E-state index in [4.69, 9.17) is 9.47 Å². The number of likely N-dealkylation sites (tertiary alicyclic amines) is 1. The highest BCUT2D eigenvalue weighted by molar-refractivity contribution is 5.31. The zero-order chi connectivity index (χ0) is 15.9. The van der Waals surface area contributed by atoms with Crippen LogP contribution in [0.3, 0.4) is 0 Å². The minimum atomic E-state index is 0.540. The quantitative estimate of drug-likeness (QED) is 0.800. The molecular weight excluding hydrogens is 286 g/mol. The van der Waals surface area contributed by atoms with Crippen LogP contribution in [0, 0.1) is 0 Å². The molecule has 0 aliphatic carbocycles. The molecule has 0 spiro atoms. The van der Waals surface area contributed by atoms with Crippen molar-refractivity contribution in [3.63, 3.8) is 0 Å². The molecule has 1 fully saturated rings. The molecule has 0 saturated carbocycles. The molecule has 0 N–H and O–H groups in total. The molecule has 1 heterocycles. The van der Waals surface area contributed by atoms with Crippen molar-refractivity contribution in [1.29, 1.82) is 0 Å². The molecule has 23 heavy (non-hydrogen) atoms. The predicted octanol–water partition coefficient (Wildman–Crippen LogP) is 4.13. The third-order valence-electron chi connectivity index (χ3n) is 4.44. The van der Waals surface area contributed by atoms with Gasteiger partial charge in [-0.2, -0.15) is 0 Å². The van der Waals surface area contributed by atoms with Crippen molar-refractivity contribution in [3.05, 3.63) is 60.2 Å². The lowest BCUT2D eigenvalue weighted by atomic mass is 10.0. The molecule has 1 atom stereocenters. The number of piperidine rings is 1. The van der Waals surface area contributed by atoms with Crippen molar-refractivity contribution in [2.24, 2.45) is 0 Å². The molecule has 0 amide bonds. The van der Waals surface area contributed by atoms with Gasteiger partial charge in [0.15, 0.2) is 0 Å². The van der Waals surface area contributed by atoms with Gasteiger partial charge in [0.1, 0.15) is 24.7 Å². The van der Waals surface area contributed by atoms with Gasteiger partial charge in [-0.1, -0.05) is 36.8 Å². The van der Waals surface area contributed by atoms with E-state index in [0.717, 1.165) is 18.1 Å². The van der Waals surface area contributed by atoms with Gasteiger partial charge in [-0.3, -0.25) is 0 Å². The summed E-state index contributed by atoms with van der Waals surface area (Å²) in [5.74, 6) is 1.78. The first kappa shape index (κ1) is 15.9. The number of nitrogens with zero attached hydrogens (tertiary/aromatic N) is 1. The smallest absolute Gasteiger partial charge is 0.120 e. The molecule has 1 aliphatic rings. The Morgan fingerprint density at radius 1 is 0.913 bits per heavy atom. The molecule has 1 saturated heterocycles. The van der Waals surface area contributed by atoms with Gasteiger partial charge in [-0.15, -0.1) is 0 Å². The Balaban J connectivity index is 1.47. The van der Waals surface area contributed by atoms with Crippen LogP contribution in [0.25, 0.3) is 0 Å². The van der Waals surface area contributed by atoms with Crippen LogP contribution in [0.2, 0.25) is 0 Å². The second-order valence-corrected chi connectivity index (χ2v) is 6.19. The number of likely N-dealkylation sites (N-methyl/N-ethyl adjacent to an activating group) is 1. The molecule has 3 nitrogen and oxygen atoms in total. The van der Waals surface area contributed by atoms with Crippen LogP contribution in [0.5, 0.6) is 11.5 Å². The van der Waals surface area contributed by atoms with Gasteiger partial charge < -0.3 is 14.4 Å². The topological polar surface area (TPSA) is 21.7 Å². The van der Waals surface area contributed by atoms with Crippen molar-refractivity contribution in [2.75, 3.05) is 20.2 Å². The Morgan fingerprint density at radius 2 is 1.61 bits per heavy atom. The Kier molecular flexibility index (Phi) is 5.54. The maximum Gasteiger partial charge on any atom is 0.120 e. The lowest BCUT2D eigenvalue weighted by Crippen LogP contribution is -2.40. The molecule has 122 valence electrons. The van der Waals surface area contributed by atoms with E-state index in [0.29, 0.717) is 12.6 Å². The first-order valence-electron chi connectivity index (χ1n) is 8.41. The standard InChI is InChI=1S/C20H25NO2/c1-21-14-6-5-9-18(21)16-23-20-12-10-19(11-13-20)22-15-17-7-3-2-4-8-17/h2-4,7-8,10-13,18H,5-6,9,14-16H2,1H3. The molecule has 2 aromatic carbocycles. The highest BCUT2D eigenvalue weighted by Gasteiger charge is 2.19. The fourth-order valence-electron chi connectivity index (χ4n) is 2.92.